The van der Waals surface area contributed by atoms with Crippen LogP contribution in [0.5, 0.6) is 0 Å². The van der Waals surface area contributed by atoms with Crippen LogP contribution >= 0.6 is 0 Å². The van der Waals surface area contributed by atoms with Gasteiger partial charge in [-0.25, -0.2) is 0 Å². The van der Waals surface area contributed by atoms with Crippen molar-refractivity contribution < 1.29 is 13.6 Å². The number of furan rings is 1. The number of nitrogens with one attached hydrogen (secondary N) is 1. The van der Waals surface area contributed by atoms with Gasteiger partial charge in [-0.05, 0) is 31.2 Å². The molecule has 2 aromatic heterocycles. The molecule has 1 amide bonds. The van der Waals surface area contributed by atoms with Gasteiger partial charge in [0.25, 0.3) is 5.91 Å². The number of rotatable bonds is 4. The number of hydrogen-bond acceptors (Lipinski definition) is 4. The minimum atomic E-state index is -0.331. The highest BCUT2D eigenvalue weighted by Gasteiger charge is 2.18. The van der Waals surface area contributed by atoms with E-state index >= 15 is 0 Å². The van der Waals surface area contributed by atoms with E-state index in [0.29, 0.717) is 28.0 Å². The molecule has 5 nitrogen and oxygen atoms in total. The minimum Gasteiger partial charge on any atom is -0.467 e. The van der Waals surface area contributed by atoms with Crippen LogP contribution in [0.2, 0.25) is 0 Å². The predicted molar refractivity (Wildman–Crippen MR) is 103 cm³/mol. The van der Waals surface area contributed by atoms with Crippen LogP contribution in [0.4, 0.5) is 0 Å². The van der Waals surface area contributed by atoms with E-state index in [1.807, 2.05) is 30.3 Å². The molecule has 0 atom stereocenters. The quantitative estimate of drug-likeness (QED) is 0.590. The minimum absolute atomic E-state index is 0.143. The van der Waals surface area contributed by atoms with Crippen LogP contribution in [0.25, 0.3) is 22.3 Å². The summed E-state index contributed by atoms with van der Waals surface area (Å²) < 4.78 is 11.3. The van der Waals surface area contributed by atoms with Gasteiger partial charge in [-0.15, -0.1) is 0 Å². The first-order valence-electron chi connectivity index (χ1n) is 8.57. The number of amides is 1. The summed E-state index contributed by atoms with van der Waals surface area (Å²) in [5.74, 6) is 0.785. The first-order chi connectivity index (χ1) is 13.1. The van der Waals surface area contributed by atoms with Gasteiger partial charge in [0.15, 0.2) is 11.0 Å². The lowest BCUT2D eigenvalue weighted by atomic mass is 10.0. The zero-order chi connectivity index (χ0) is 18.8. The topological polar surface area (TPSA) is 72.5 Å². The first-order valence-corrected chi connectivity index (χ1v) is 8.57. The van der Waals surface area contributed by atoms with Gasteiger partial charge >= 0.3 is 0 Å². The molecule has 4 rings (SSSR count). The Balaban J connectivity index is 1.81. The number of carbonyl (C=O) groups excluding carboxylic acids is 1. The monoisotopic (exact) mass is 359 g/mol. The number of benzene rings is 2. The van der Waals surface area contributed by atoms with Crippen molar-refractivity contribution in [3.05, 3.63) is 94.0 Å². The molecule has 27 heavy (non-hydrogen) atoms. The van der Waals surface area contributed by atoms with Crippen molar-refractivity contribution in [3.8, 4) is 11.3 Å². The molecule has 134 valence electrons. The van der Waals surface area contributed by atoms with Crippen molar-refractivity contribution in [3.63, 3.8) is 0 Å². The zero-order valence-corrected chi connectivity index (χ0v) is 14.7. The van der Waals surface area contributed by atoms with E-state index in [1.54, 1.807) is 43.5 Å². The van der Waals surface area contributed by atoms with Gasteiger partial charge in [0.2, 0.25) is 0 Å². The highest BCUT2D eigenvalue weighted by Crippen LogP contribution is 2.27. The summed E-state index contributed by atoms with van der Waals surface area (Å²) in [7, 11) is 0. The Morgan fingerprint density at radius 3 is 2.56 bits per heavy atom. The Bertz CT molecular complexity index is 1160. The van der Waals surface area contributed by atoms with E-state index in [4.69, 9.17) is 8.83 Å². The fourth-order valence-electron chi connectivity index (χ4n) is 3.03. The summed E-state index contributed by atoms with van der Waals surface area (Å²) in [5.41, 5.74) is 1.76. The van der Waals surface area contributed by atoms with Crippen LogP contribution in [-0.4, -0.2) is 5.91 Å². The summed E-state index contributed by atoms with van der Waals surface area (Å²) in [5, 5.41) is 3.18. The Hall–Kier alpha value is -3.60. The second-order valence-corrected chi connectivity index (χ2v) is 6.20. The van der Waals surface area contributed by atoms with Crippen molar-refractivity contribution in [1.82, 2.24) is 5.32 Å². The second kappa shape index (κ2) is 6.96. The van der Waals surface area contributed by atoms with Crippen molar-refractivity contribution in [2.75, 3.05) is 0 Å². The van der Waals surface area contributed by atoms with Crippen LogP contribution in [0.15, 0.2) is 80.6 Å². The summed E-state index contributed by atoms with van der Waals surface area (Å²) in [6.45, 7) is 1.99. The van der Waals surface area contributed by atoms with Crippen LogP contribution in [0.3, 0.4) is 0 Å². The van der Waals surface area contributed by atoms with Gasteiger partial charge in [0.05, 0.1) is 23.8 Å². The molecule has 2 aromatic carbocycles. The summed E-state index contributed by atoms with van der Waals surface area (Å²) in [6, 6.07) is 17.9. The third-order valence-electron chi connectivity index (χ3n) is 4.43. The van der Waals surface area contributed by atoms with Gasteiger partial charge in [-0.3, -0.25) is 9.59 Å². The highest BCUT2D eigenvalue weighted by atomic mass is 16.3. The average molecular weight is 359 g/mol. The third kappa shape index (κ3) is 3.15. The SMILES string of the molecule is Cc1c(-c2ccccc2)oc2c(C(=O)NCc3ccco3)cccc2c1=O. The Morgan fingerprint density at radius 1 is 1.00 bits per heavy atom. The van der Waals surface area contributed by atoms with Crippen LogP contribution in [-0.2, 0) is 6.54 Å². The molecular weight excluding hydrogens is 342 g/mol. The molecule has 5 heteroatoms. The smallest absolute Gasteiger partial charge is 0.255 e. The molecule has 0 saturated heterocycles. The lowest BCUT2D eigenvalue weighted by Crippen LogP contribution is -2.23. The molecule has 0 bridgehead atoms. The predicted octanol–water partition coefficient (Wildman–Crippen LogP) is 4.29. The van der Waals surface area contributed by atoms with Crippen molar-refractivity contribution in [1.29, 1.82) is 0 Å². The van der Waals surface area contributed by atoms with Gasteiger partial charge < -0.3 is 14.2 Å². The van der Waals surface area contributed by atoms with E-state index in [-0.39, 0.29) is 23.5 Å². The van der Waals surface area contributed by atoms with Crippen LogP contribution in [0.1, 0.15) is 21.7 Å². The Labute approximate surface area is 155 Å². The molecule has 0 spiro atoms. The number of hydrogen-bond donors (Lipinski definition) is 1. The molecule has 0 unspecified atom stereocenters. The fraction of sp³-hybridized carbons (Fsp3) is 0.0909. The van der Waals surface area contributed by atoms with Crippen LogP contribution < -0.4 is 10.7 Å². The summed E-state index contributed by atoms with van der Waals surface area (Å²) in [6.07, 6.45) is 1.55. The van der Waals surface area contributed by atoms with Gasteiger partial charge in [0, 0.05) is 11.1 Å². The average Bonchev–Trinajstić information content (AvgIpc) is 3.23. The molecule has 1 N–H and O–H groups in total. The molecule has 0 aliphatic heterocycles. The van der Waals surface area contributed by atoms with E-state index in [9.17, 15) is 9.59 Å². The fourth-order valence-corrected chi connectivity index (χ4v) is 3.03. The molecule has 0 saturated carbocycles. The second-order valence-electron chi connectivity index (χ2n) is 6.20. The highest BCUT2D eigenvalue weighted by molar-refractivity contribution is 6.05. The maximum absolute atomic E-state index is 12.8. The maximum atomic E-state index is 12.8. The molecule has 2 heterocycles. The van der Waals surface area contributed by atoms with Gasteiger partial charge in [-0.2, -0.15) is 0 Å². The first kappa shape index (κ1) is 16.8. The summed E-state index contributed by atoms with van der Waals surface area (Å²) in [4.78, 5) is 25.5. The molecular formula is C22H17NO4. The Kier molecular flexibility index (Phi) is 4.34. The molecule has 0 aliphatic carbocycles. The molecule has 0 aliphatic rings. The normalized spacial score (nSPS) is 10.9. The number of fused-ring (bicyclic) bond motifs is 1. The number of carbonyl (C=O) groups is 1. The van der Waals surface area contributed by atoms with E-state index in [0.717, 1.165) is 5.56 Å². The van der Waals surface area contributed by atoms with E-state index in [1.165, 1.54) is 0 Å². The lowest BCUT2D eigenvalue weighted by Gasteiger charge is -2.10. The van der Waals surface area contributed by atoms with Crippen molar-refractivity contribution in [2.45, 2.75) is 13.5 Å². The van der Waals surface area contributed by atoms with Crippen molar-refractivity contribution >= 4 is 16.9 Å². The van der Waals surface area contributed by atoms with Crippen LogP contribution in [0, 0.1) is 6.92 Å². The number of para-hydroxylation sites is 1. The maximum Gasteiger partial charge on any atom is 0.255 e. The molecule has 4 aromatic rings. The summed E-state index contributed by atoms with van der Waals surface area (Å²) >= 11 is 0. The van der Waals surface area contributed by atoms with Gasteiger partial charge in [-0.1, -0.05) is 36.4 Å². The zero-order valence-electron chi connectivity index (χ0n) is 14.7. The Morgan fingerprint density at radius 2 is 1.81 bits per heavy atom. The molecule has 0 fully saturated rings. The van der Waals surface area contributed by atoms with E-state index in [2.05, 4.69) is 5.32 Å². The standard InChI is InChI=1S/C22H17NO4/c1-14-19(24)17-10-5-11-18(22(25)23-13-16-9-6-12-26-16)21(17)27-20(14)15-7-3-2-4-8-15/h2-12H,13H2,1H3,(H,23,25). The largest absolute Gasteiger partial charge is 0.467 e. The lowest BCUT2D eigenvalue weighted by molar-refractivity contribution is 0.0948. The molecule has 0 radical (unpaired) electrons. The third-order valence-corrected chi connectivity index (χ3v) is 4.43. The van der Waals surface area contributed by atoms with Crippen molar-refractivity contribution in [2.24, 2.45) is 0 Å². The van der Waals surface area contributed by atoms with E-state index < -0.39 is 0 Å². The van der Waals surface area contributed by atoms with Gasteiger partial charge in [0.1, 0.15) is 11.5 Å².